The normalized spacial score (nSPS) is 20.0. The van der Waals surface area contributed by atoms with Gasteiger partial charge in [0, 0.05) is 12.6 Å². The van der Waals surface area contributed by atoms with Crippen LogP contribution in [0.5, 0.6) is 0 Å². The Morgan fingerprint density at radius 3 is 2.42 bits per heavy atom. The molecule has 1 fully saturated rings. The summed E-state index contributed by atoms with van der Waals surface area (Å²) >= 11 is 0. The molecule has 1 aliphatic rings. The molecule has 2 nitrogen and oxygen atoms in total. The fraction of sp³-hybridized carbons (Fsp3) is 1.00. The predicted octanol–water partition coefficient (Wildman–Crippen LogP) is 1.46. The van der Waals surface area contributed by atoms with Gasteiger partial charge in [0.15, 0.2) is 0 Å². The highest BCUT2D eigenvalue weighted by Gasteiger charge is 2.33. The number of hydrogen-bond donors (Lipinski definition) is 1. The van der Waals surface area contributed by atoms with Crippen LogP contribution in [0.1, 0.15) is 33.1 Å². The first-order valence-electron chi connectivity index (χ1n) is 5.27. The second kappa shape index (κ2) is 4.83. The van der Waals surface area contributed by atoms with Gasteiger partial charge in [-0.15, -0.1) is 0 Å². The maximum Gasteiger partial charge on any atom is 0.0246 e. The van der Waals surface area contributed by atoms with Gasteiger partial charge < -0.3 is 5.73 Å². The highest BCUT2D eigenvalue weighted by atomic mass is 15.2. The molecule has 0 heterocycles. The van der Waals surface area contributed by atoms with E-state index >= 15 is 0 Å². The van der Waals surface area contributed by atoms with Gasteiger partial charge in [0.05, 0.1) is 0 Å². The Morgan fingerprint density at radius 2 is 2.08 bits per heavy atom. The van der Waals surface area contributed by atoms with Crippen molar-refractivity contribution in [2.24, 2.45) is 11.7 Å². The molecule has 1 atom stereocenters. The fourth-order valence-electron chi connectivity index (χ4n) is 1.97. The Bertz CT molecular complexity index is 121. The van der Waals surface area contributed by atoms with Crippen LogP contribution in [0, 0.1) is 5.92 Å². The highest BCUT2D eigenvalue weighted by molar-refractivity contribution is 4.88. The van der Waals surface area contributed by atoms with Gasteiger partial charge in [-0.2, -0.15) is 0 Å². The summed E-state index contributed by atoms with van der Waals surface area (Å²) in [4.78, 5) is 2.54. The lowest BCUT2D eigenvalue weighted by molar-refractivity contribution is 0.190. The van der Waals surface area contributed by atoms with Crippen molar-refractivity contribution in [3.63, 3.8) is 0 Å². The summed E-state index contributed by atoms with van der Waals surface area (Å²) in [7, 11) is 0. The molecule has 0 aromatic carbocycles. The molecule has 0 radical (unpaired) electrons. The summed E-state index contributed by atoms with van der Waals surface area (Å²) in [6.45, 7) is 7.70. The average Bonchev–Trinajstić information content (AvgIpc) is 2.88. The zero-order chi connectivity index (χ0) is 8.97. The Balaban J connectivity index is 2.36. The molecule has 0 aliphatic heterocycles. The third kappa shape index (κ3) is 2.46. The molecule has 12 heavy (non-hydrogen) atoms. The van der Waals surface area contributed by atoms with E-state index in [2.05, 4.69) is 18.7 Å². The van der Waals surface area contributed by atoms with Crippen molar-refractivity contribution in [1.82, 2.24) is 4.90 Å². The van der Waals surface area contributed by atoms with E-state index in [1.54, 1.807) is 0 Å². The molecule has 0 aromatic rings. The van der Waals surface area contributed by atoms with Gasteiger partial charge in [-0.1, -0.05) is 13.8 Å². The third-order valence-electron chi connectivity index (χ3n) is 2.79. The molecule has 0 spiro atoms. The zero-order valence-electron chi connectivity index (χ0n) is 8.42. The lowest BCUT2D eigenvalue weighted by Crippen LogP contribution is -2.42. The zero-order valence-corrected chi connectivity index (χ0v) is 8.42. The standard InChI is InChI=1S/C10H22N2/c1-3-7-12(4-2)10(8-11)9-5-6-9/h9-10H,3-8,11H2,1-2H3. The van der Waals surface area contributed by atoms with Gasteiger partial charge in [-0.3, -0.25) is 4.90 Å². The molecule has 2 heteroatoms. The van der Waals surface area contributed by atoms with Crippen LogP contribution in [0.25, 0.3) is 0 Å². The van der Waals surface area contributed by atoms with Gasteiger partial charge >= 0.3 is 0 Å². The maximum absolute atomic E-state index is 5.78. The molecule has 0 saturated heterocycles. The molecule has 1 unspecified atom stereocenters. The number of rotatable bonds is 6. The minimum absolute atomic E-state index is 0.676. The van der Waals surface area contributed by atoms with Crippen LogP contribution >= 0.6 is 0 Å². The monoisotopic (exact) mass is 170 g/mol. The number of hydrogen-bond acceptors (Lipinski definition) is 2. The summed E-state index contributed by atoms with van der Waals surface area (Å²) < 4.78 is 0. The van der Waals surface area contributed by atoms with Crippen molar-refractivity contribution in [3.8, 4) is 0 Å². The first kappa shape index (κ1) is 10.0. The van der Waals surface area contributed by atoms with Crippen molar-refractivity contribution >= 4 is 0 Å². The van der Waals surface area contributed by atoms with Crippen LogP contribution in [-0.2, 0) is 0 Å². The van der Waals surface area contributed by atoms with Gasteiger partial charge in [0.25, 0.3) is 0 Å². The van der Waals surface area contributed by atoms with Crippen molar-refractivity contribution in [2.45, 2.75) is 39.2 Å². The molecular formula is C10H22N2. The van der Waals surface area contributed by atoms with E-state index in [-0.39, 0.29) is 0 Å². The minimum atomic E-state index is 0.676. The topological polar surface area (TPSA) is 29.3 Å². The van der Waals surface area contributed by atoms with Crippen LogP contribution in [0.3, 0.4) is 0 Å². The minimum Gasteiger partial charge on any atom is -0.329 e. The van der Waals surface area contributed by atoms with Crippen molar-refractivity contribution < 1.29 is 0 Å². The Hall–Kier alpha value is -0.0800. The first-order valence-corrected chi connectivity index (χ1v) is 5.27. The molecule has 1 aliphatic carbocycles. The molecule has 0 bridgehead atoms. The fourth-order valence-corrected chi connectivity index (χ4v) is 1.97. The van der Waals surface area contributed by atoms with Crippen LogP contribution < -0.4 is 5.73 Å². The maximum atomic E-state index is 5.78. The third-order valence-corrected chi connectivity index (χ3v) is 2.79. The van der Waals surface area contributed by atoms with Gasteiger partial charge in [0.2, 0.25) is 0 Å². The summed E-state index contributed by atoms with van der Waals surface area (Å²) in [6.07, 6.45) is 4.06. The van der Waals surface area contributed by atoms with Crippen LogP contribution in [-0.4, -0.2) is 30.6 Å². The molecule has 1 saturated carbocycles. The van der Waals surface area contributed by atoms with E-state index in [1.165, 1.54) is 25.8 Å². The Kier molecular flexibility index (Phi) is 4.02. The number of nitrogens with two attached hydrogens (primary N) is 1. The number of nitrogens with zero attached hydrogens (tertiary/aromatic N) is 1. The van der Waals surface area contributed by atoms with Crippen LogP contribution in [0.4, 0.5) is 0 Å². The average molecular weight is 170 g/mol. The Morgan fingerprint density at radius 1 is 1.42 bits per heavy atom. The first-order chi connectivity index (χ1) is 5.83. The van der Waals surface area contributed by atoms with E-state index < -0.39 is 0 Å². The molecule has 72 valence electrons. The van der Waals surface area contributed by atoms with E-state index in [0.717, 1.165) is 19.0 Å². The molecular weight excluding hydrogens is 148 g/mol. The van der Waals surface area contributed by atoms with Crippen LogP contribution in [0.2, 0.25) is 0 Å². The Labute approximate surface area is 76.1 Å². The molecule has 0 amide bonds. The van der Waals surface area contributed by atoms with Gasteiger partial charge in [-0.25, -0.2) is 0 Å². The largest absolute Gasteiger partial charge is 0.329 e. The molecule has 2 N–H and O–H groups in total. The smallest absolute Gasteiger partial charge is 0.0246 e. The quantitative estimate of drug-likeness (QED) is 0.654. The lowest BCUT2D eigenvalue weighted by atomic mass is 10.1. The van der Waals surface area contributed by atoms with E-state index in [0.29, 0.717) is 6.04 Å². The number of likely N-dealkylation sites (N-methyl/N-ethyl adjacent to an activating group) is 1. The second-order valence-corrected chi connectivity index (χ2v) is 3.77. The van der Waals surface area contributed by atoms with Gasteiger partial charge in [-0.05, 0) is 38.3 Å². The van der Waals surface area contributed by atoms with Crippen molar-refractivity contribution in [3.05, 3.63) is 0 Å². The van der Waals surface area contributed by atoms with Crippen molar-refractivity contribution in [1.29, 1.82) is 0 Å². The van der Waals surface area contributed by atoms with E-state index in [9.17, 15) is 0 Å². The summed E-state index contributed by atoms with van der Waals surface area (Å²) in [5.41, 5.74) is 5.78. The molecule has 1 rings (SSSR count). The highest BCUT2D eigenvalue weighted by Crippen LogP contribution is 2.34. The van der Waals surface area contributed by atoms with E-state index in [4.69, 9.17) is 5.73 Å². The van der Waals surface area contributed by atoms with E-state index in [1.807, 2.05) is 0 Å². The van der Waals surface area contributed by atoms with Gasteiger partial charge in [0.1, 0.15) is 0 Å². The van der Waals surface area contributed by atoms with Crippen molar-refractivity contribution in [2.75, 3.05) is 19.6 Å². The summed E-state index contributed by atoms with van der Waals surface area (Å²) in [5, 5.41) is 0. The summed E-state index contributed by atoms with van der Waals surface area (Å²) in [5.74, 6) is 0.918. The predicted molar refractivity (Wildman–Crippen MR) is 53.1 cm³/mol. The second-order valence-electron chi connectivity index (χ2n) is 3.77. The summed E-state index contributed by atoms with van der Waals surface area (Å²) in [6, 6.07) is 0.676. The lowest BCUT2D eigenvalue weighted by Gasteiger charge is -2.29. The molecule has 0 aromatic heterocycles. The SMILES string of the molecule is CCCN(CC)C(CN)C1CC1. The van der Waals surface area contributed by atoms with Crippen LogP contribution in [0.15, 0.2) is 0 Å².